The van der Waals surface area contributed by atoms with Gasteiger partial charge in [0.25, 0.3) is 5.91 Å². The predicted molar refractivity (Wildman–Crippen MR) is 108 cm³/mol. The summed E-state index contributed by atoms with van der Waals surface area (Å²) in [6, 6.07) is 9.24. The topological polar surface area (TPSA) is 45.2 Å². The smallest absolute Gasteiger partial charge is 0.252 e. The van der Waals surface area contributed by atoms with Crippen LogP contribution in [0.15, 0.2) is 30.3 Å². The highest BCUT2D eigenvalue weighted by molar-refractivity contribution is 6.30. The summed E-state index contributed by atoms with van der Waals surface area (Å²) in [5, 5.41) is 4.22. The summed E-state index contributed by atoms with van der Waals surface area (Å²) >= 11 is 6.06. The molecule has 1 amide bonds. The molecule has 1 saturated heterocycles. The van der Waals surface area contributed by atoms with Crippen LogP contribution in [0, 0.1) is 11.8 Å². The van der Waals surface area contributed by atoms with Crippen LogP contribution in [0.5, 0.6) is 0 Å². The van der Waals surface area contributed by atoms with Gasteiger partial charge >= 0.3 is 0 Å². The molecule has 1 fully saturated rings. The number of unbranched alkanes of at least 4 members (excludes halogenated alkanes) is 1. The number of halogens is 1. The van der Waals surface area contributed by atoms with E-state index in [4.69, 9.17) is 11.6 Å². The van der Waals surface area contributed by atoms with Gasteiger partial charge in [-0.2, -0.15) is 0 Å². The van der Waals surface area contributed by atoms with Crippen LogP contribution in [0.2, 0.25) is 5.15 Å². The second-order valence-electron chi connectivity index (χ2n) is 7.68. The molecule has 1 aliphatic heterocycles. The van der Waals surface area contributed by atoms with Crippen LogP contribution in [0.1, 0.15) is 43.5 Å². The molecule has 2 atom stereocenters. The van der Waals surface area contributed by atoms with Gasteiger partial charge in [0.15, 0.2) is 0 Å². The summed E-state index contributed by atoms with van der Waals surface area (Å²) in [6.45, 7) is 8.90. The van der Waals surface area contributed by atoms with E-state index in [-0.39, 0.29) is 5.91 Å². The number of nitrogens with zero attached hydrogens (tertiary/aromatic N) is 2. The van der Waals surface area contributed by atoms with Gasteiger partial charge in [-0.1, -0.05) is 43.6 Å². The second kappa shape index (κ2) is 8.83. The Morgan fingerprint density at radius 2 is 1.96 bits per heavy atom. The van der Waals surface area contributed by atoms with E-state index >= 15 is 0 Å². The van der Waals surface area contributed by atoms with Gasteiger partial charge in [0.05, 0.1) is 11.1 Å². The standard InChI is InChI=1S/C21H28ClN3O/c1-15-11-16(2)14-25(13-15)10-6-5-9-23-21(26)18-12-20(22)24-19-8-4-3-7-17(18)19/h3-4,7-8,12,15-16H,5-6,9-11,13-14H2,1-2H3,(H,23,26). The number of carbonyl (C=O) groups excluding carboxylic acids is 1. The van der Waals surface area contributed by atoms with Gasteiger partial charge in [-0.05, 0) is 49.8 Å². The molecule has 0 bridgehead atoms. The third-order valence-corrected chi connectivity index (χ3v) is 5.25. The van der Waals surface area contributed by atoms with Crippen LogP contribution in [-0.2, 0) is 0 Å². The molecule has 2 unspecified atom stereocenters. The summed E-state index contributed by atoms with van der Waals surface area (Å²) in [6.07, 6.45) is 3.44. The maximum Gasteiger partial charge on any atom is 0.252 e. The zero-order valence-corrected chi connectivity index (χ0v) is 16.4. The number of benzene rings is 1. The Morgan fingerprint density at radius 1 is 1.23 bits per heavy atom. The molecule has 0 saturated carbocycles. The summed E-state index contributed by atoms with van der Waals surface area (Å²) in [5.41, 5.74) is 1.35. The highest BCUT2D eigenvalue weighted by Crippen LogP contribution is 2.22. The van der Waals surface area contributed by atoms with Crippen molar-refractivity contribution < 1.29 is 4.79 Å². The minimum Gasteiger partial charge on any atom is -0.352 e. The molecule has 0 spiro atoms. The highest BCUT2D eigenvalue weighted by atomic mass is 35.5. The second-order valence-corrected chi connectivity index (χ2v) is 8.07. The van der Waals surface area contributed by atoms with E-state index in [9.17, 15) is 4.79 Å². The minimum absolute atomic E-state index is 0.0780. The largest absolute Gasteiger partial charge is 0.352 e. The molecule has 5 heteroatoms. The van der Waals surface area contributed by atoms with Crippen molar-refractivity contribution in [2.24, 2.45) is 11.8 Å². The van der Waals surface area contributed by atoms with Crippen molar-refractivity contribution in [2.75, 3.05) is 26.2 Å². The lowest BCUT2D eigenvalue weighted by atomic mass is 9.92. The molecule has 2 aromatic rings. The van der Waals surface area contributed by atoms with Gasteiger partial charge in [-0.3, -0.25) is 4.79 Å². The molecule has 1 aliphatic rings. The highest BCUT2D eigenvalue weighted by Gasteiger charge is 2.21. The lowest BCUT2D eigenvalue weighted by Crippen LogP contribution is -2.39. The van der Waals surface area contributed by atoms with Crippen molar-refractivity contribution in [2.45, 2.75) is 33.1 Å². The Labute approximate surface area is 160 Å². The molecule has 26 heavy (non-hydrogen) atoms. The molecule has 1 aromatic carbocycles. The van der Waals surface area contributed by atoms with E-state index in [1.54, 1.807) is 6.07 Å². The number of hydrogen-bond donors (Lipinski definition) is 1. The normalized spacial score (nSPS) is 21.0. The molecule has 140 valence electrons. The first-order chi connectivity index (χ1) is 12.5. The molecular weight excluding hydrogens is 346 g/mol. The maximum atomic E-state index is 12.6. The van der Waals surface area contributed by atoms with Crippen LogP contribution in [0.4, 0.5) is 0 Å². The quantitative estimate of drug-likeness (QED) is 0.603. The van der Waals surface area contributed by atoms with Crippen LogP contribution in [0.3, 0.4) is 0 Å². The number of likely N-dealkylation sites (tertiary alicyclic amines) is 1. The number of hydrogen-bond acceptors (Lipinski definition) is 3. The van der Waals surface area contributed by atoms with E-state index < -0.39 is 0 Å². The zero-order valence-electron chi connectivity index (χ0n) is 15.7. The first-order valence-corrected chi connectivity index (χ1v) is 9.96. The van der Waals surface area contributed by atoms with E-state index in [0.717, 1.165) is 42.1 Å². The van der Waals surface area contributed by atoms with E-state index in [2.05, 4.69) is 29.0 Å². The van der Waals surface area contributed by atoms with Gasteiger partial charge in [-0.25, -0.2) is 4.98 Å². The number of fused-ring (bicyclic) bond motifs is 1. The SMILES string of the molecule is CC1CC(C)CN(CCCCNC(=O)c2cc(Cl)nc3ccccc23)C1. The molecule has 0 aliphatic carbocycles. The summed E-state index contributed by atoms with van der Waals surface area (Å²) < 4.78 is 0. The third-order valence-electron chi connectivity index (χ3n) is 5.06. The van der Waals surface area contributed by atoms with Crippen LogP contribution in [0.25, 0.3) is 10.9 Å². The van der Waals surface area contributed by atoms with E-state index in [0.29, 0.717) is 17.3 Å². The molecule has 2 heterocycles. The molecule has 0 radical (unpaired) electrons. The number of piperidine rings is 1. The van der Waals surface area contributed by atoms with Crippen LogP contribution >= 0.6 is 11.6 Å². The van der Waals surface area contributed by atoms with Crippen molar-refractivity contribution in [3.8, 4) is 0 Å². The van der Waals surface area contributed by atoms with Crippen LogP contribution < -0.4 is 5.32 Å². The molecule has 1 N–H and O–H groups in total. The Hall–Kier alpha value is -1.65. The molecule has 1 aromatic heterocycles. The first-order valence-electron chi connectivity index (χ1n) is 9.58. The van der Waals surface area contributed by atoms with Crippen molar-refractivity contribution in [1.29, 1.82) is 0 Å². The Balaban J connectivity index is 1.48. The number of rotatable bonds is 6. The fourth-order valence-electron chi connectivity index (χ4n) is 4.06. The Morgan fingerprint density at radius 3 is 2.73 bits per heavy atom. The van der Waals surface area contributed by atoms with Crippen molar-refractivity contribution in [3.63, 3.8) is 0 Å². The summed E-state index contributed by atoms with van der Waals surface area (Å²) in [5.74, 6) is 1.51. The van der Waals surface area contributed by atoms with Gasteiger partial charge < -0.3 is 10.2 Å². The van der Waals surface area contributed by atoms with E-state index in [1.807, 2.05) is 24.3 Å². The molecule has 3 rings (SSSR count). The van der Waals surface area contributed by atoms with Crippen LogP contribution in [-0.4, -0.2) is 42.0 Å². The molecular formula is C21H28ClN3O. The zero-order chi connectivity index (χ0) is 18.5. The number of nitrogens with one attached hydrogen (secondary N) is 1. The van der Waals surface area contributed by atoms with Gasteiger partial charge in [-0.15, -0.1) is 0 Å². The first kappa shape index (κ1) is 19.1. The fraction of sp³-hybridized carbons (Fsp3) is 0.524. The van der Waals surface area contributed by atoms with Gasteiger partial charge in [0.1, 0.15) is 5.15 Å². The van der Waals surface area contributed by atoms with Crippen molar-refractivity contribution in [3.05, 3.63) is 41.0 Å². The Bertz CT molecular complexity index is 754. The lowest BCUT2D eigenvalue weighted by Gasteiger charge is -2.34. The lowest BCUT2D eigenvalue weighted by molar-refractivity contribution is 0.0953. The van der Waals surface area contributed by atoms with E-state index in [1.165, 1.54) is 19.5 Å². The average molecular weight is 374 g/mol. The maximum absolute atomic E-state index is 12.6. The fourth-order valence-corrected chi connectivity index (χ4v) is 4.26. The Kier molecular flexibility index (Phi) is 6.49. The minimum atomic E-state index is -0.0780. The van der Waals surface area contributed by atoms with Gasteiger partial charge in [0, 0.05) is 25.0 Å². The summed E-state index contributed by atoms with van der Waals surface area (Å²) in [4.78, 5) is 19.4. The number of carbonyl (C=O) groups is 1. The van der Waals surface area contributed by atoms with Gasteiger partial charge in [0.2, 0.25) is 0 Å². The number of amides is 1. The third kappa shape index (κ3) is 4.95. The van der Waals surface area contributed by atoms with Crippen molar-refractivity contribution >= 4 is 28.4 Å². The number of aromatic nitrogens is 1. The monoisotopic (exact) mass is 373 g/mol. The predicted octanol–water partition coefficient (Wildman–Crippen LogP) is 4.38. The number of pyridine rings is 1. The summed E-state index contributed by atoms with van der Waals surface area (Å²) in [7, 11) is 0. The molecule has 4 nitrogen and oxygen atoms in total. The van der Waals surface area contributed by atoms with Crippen molar-refractivity contribution in [1.82, 2.24) is 15.2 Å². The number of para-hydroxylation sites is 1. The average Bonchev–Trinajstić information content (AvgIpc) is 2.59.